The highest BCUT2D eigenvalue weighted by Gasteiger charge is 2.46. The second-order valence-electron chi connectivity index (χ2n) is 6.49. The molecular formula is C13H32O4Si3. The fraction of sp³-hybridized carbons (Fsp3) is 1.00. The number of aliphatic hydroxyl groups is 1. The second-order valence-corrected chi connectivity index (χ2v) is 17.9. The van der Waals surface area contributed by atoms with E-state index in [0.29, 0.717) is 6.61 Å². The molecule has 1 aliphatic rings. The van der Waals surface area contributed by atoms with E-state index >= 15 is 0 Å². The molecule has 1 N–H and O–H groups in total. The van der Waals surface area contributed by atoms with Gasteiger partial charge in [-0.15, -0.1) is 0 Å². The third-order valence-electron chi connectivity index (χ3n) is 4.11. The molecule has 1 saturated heterocycles. The number of aliphatic hydroxyl groups excluding tert-OH is 1. The van der Waals surface area contributed by atoms with Gasteiger partial charge in [0.2, 0.25) is 0 Å². The van der Waals surface area contributed by atoms with Crippen molar-refractivity contribution >= 4 is 25.4 Å². The number of rotatable bonds is 4. The predicted molar refractivity (Wildman–Crippen MR) is 89.7 cm³/mol. The van der Waals surface area contributed by atoms with Crippen molar-refractivity contribution in [2.24, 2.45) is 0 Å². The lowest BCUT2D eigenvalue weighted by molar-refractivity contribution is 0.181. The van der Waals surface area contributed by atoms with Gasteiger partial charge in [0.25, 0.3) is 0 Å². The first-order valence-electron chi connectivity index (χ1n) is 7.95. The van der Waals surface area contributed by atoms with Crippen LogP contribution in [-0.4, -0.2) is 43.4 Å². The zero-order valence-corrected chi connectivity index (χ0v) is 16.8. The minimum Gasteiger partial charge on any atom is -0.436 e. The maximum Gasteiger partial charge on any atom is 0.352 e. The Bertz CT molecular complexity index is 307. The Kier molecular flexibility index (Phi) is 7.10. The van der Waals surface area contributed by atoms with E-state index in [4.69, 9.17) is 12.7 Å². The van der Waals surface area contributed by atoms with Gasteiger partial charge in [0.1, 0.15) is 0 Å². The first-order chi connectivity index (χ1) is 9.30. The first-order valence-corrected chi connectivity index (χ1v) is 15.8. The molecule has 1 fully saturated rings. The van der Waals surface area contributed by atoms with Gasteiger partial charge in [-0.2, -0.15) is 0 Å². The SMILES string of the molecule is CCC[Si]1(C)CCCCO[Si](C)(CO)O[Si](C)(CC)O1. The van der Waals surface area contributed by atoms with Crippen LogP contribution in [0.5, 0.6) is 0 Å². The van der Waals surface area contributed by atoms with Crippen LogP contribution in [0.4, 0.5) is 0 Å². The van der Waals surface area contributed by atoms with Crippen LogP contribution in [-0.2, 0) is 12.7 Å². The average molecular weight is 337 g/mol. The van der Waals surface area contributed by atoms with E-state index in [1.54, 1.807) is 0 Å². The molecule has 0 aromatic carbocycles. The molecule has 1 heterocycles. The number of hydrogen-bond acceptors (Lipinski definition) is 4. The third kappa shape index (κ3) is 5.36. The van der Waals surface area contributed by atoms with Crippen LogP contribution in [0.15, 0.2) is 0 Å². The van der Waals surface area contributed by atoms with Crippen molar-refractivity contribution in [2.45, 2.75) is 70.9 Å². The van der Waals surface area contributed by atoms with E-state index in [1.807, 2.05) is 6.55 Å². The monoisotopic (exact) mass is 336 g/mol. The normalized spacial score (nSPS) is 40.5. The van der Waals surface area contributed by atoms with E-state index in [-0.39, 0.29) is 6.23 Å². The van der Waals surface area contributed by atoms with Crippen molar-refractivity contribution in [3.05, 3.63) is 0 Å². The smallest absolute Gasteiger partial charge is 0.352 e. The molecule has 1 rings (SSSR count). The van der Waals surface area contributed by atoms with Crippen molar-refractivity contribution in [3.63, 3.8) is 0 Å². The molecule has 3 unspecified atom stereocenters. The molecule has 0 saturated carbocycles. The second kappa shape index (κ2) is 7.66. The fourth-order valence-corrected chi connectivity index (χ4v) is 16.7. The maximum absolute atomic E-state index is 9.68. The minimum atomic E-state index is -2.48. The molecule has 3 atom stereocenters. The largest absolute Gasteiger partial charge is 0.436 e. The van der Waals surface area contributed by atoms with E-state index in [1.165, 1.54) is 24.9 Å². The zero-order chi connectivity index (χ0) is 15.3. The van der Waals surface area contributed by atoms with Crippen LogP contribution < -0.4 is 0 Å². The number of hydrogen-bond donors (Lipinski definition) is 1. The summed E-state index contributed by atoms with van der Waals surface area (Å²) < 4.78 is 19.0. The summed E-state index contributed by atoms with van der Waals surface area (Å²) >= 11 is 0. The summed E-state index contributed by atoms with van der Waals surface area (Å²) in [4.78, 5) is 0. The Balaban J connectivity index is 2.95. The Morgan fingerprint density at radius 2 is 1.70 bits per heavy atom. The molecule has 0 amide bonds. The van der Waals surface area contributed by atoms with Crippen LogP contribution in [0, 0.1) is 0 Å². The Labute approximate surface area is 127 Å². The summed E-state index contributed by atoms with van der Waals surface area (Å²) in [5, 5.41) is 9.68. The van der Waals surface area contributed by atoms with Crippen molar-refractivity contribution in [3.8, 4) is 0 Å². The molecule has 0 aromatic rings. The quantitative estimate of drug-likeness (QED) is 0.798. The summed E-state index contributed by atoms with van der Waals surface area (Å²) in [6.07, 6.45) is 3.42. The van der Waals surface area contributed by atoms with Crippen LogP contribution in [0.2, 0.25) is 37.8 Å². The van der Waals surface area contributed by atoms with Crippen molar-refractivity contribution in [1.82, 2.24) is 0 Å². The molecule has 7 heteroatoms. The van der Waals surface area contributed by atoms with Gasteiger partial charge >= 0.3 is 17.1 Å². The zero-order valence-electron chi connectivity index (χ0n) is 13.8. The van der Waals surface area contributed by atoms with Gasteiger partial charge in [-0.25, -0.2) is 0 Å². The summed E-state index contributed by atoms with van der Waals surface area (Å²) in [7, 11) is -6.40. The lowest BCUT2D eigenvalue weighted by Crippen LogP contribution is -2.58. The average Bonchev–Trinajstić information content (AvgIpc) is 2.37. The Hall–Kier alpha value is 0.491. The van der Waals surface area contributed by atoms with Crippen molar-refractivity contribution in [2.75, 3.05) is 12.8 Å². The molecule has 0 aliphatic carbocycles. The van der Waals surface area contributed by atoms with E-state index in [0.717, 1.165) is 12.5 Å². The molecule has 0 bridgehead atoms. The highest BCUT2D eigenvalue weighted by molar-refractivity contribution is 6.87. The van der Waals surface area contributed by atoms with Gasteiger partial charge in [0.15, 0.2) is 8.32 Å². The summed E-state index contributed by atoms with van der Waals surface area (Å²) in [5.41, 5.74) is 0. The summed E-state index contributed by atoms with van der Waals surface area (Å²) in [6, 6.07) is 3.33. The van der Waals surface area contributed by atoms with Gasteiger partial charge in [0.05, 0.1) is 6.23 Å². The third-order valence-corrected chi connectivity index (χ3v) is 16.9. The van der Waals surface area contributed by atoms with Gasteiger partial charge in [0, 0.05) is 6.61 Å². The van der Waals surface area contributed by atoms with Crippen molar-refractivity contribution in [1.29, 1.82) is 0 Å². The molecule has 1 aliphatic heterocycles. The molecular weight excluding hydrogens is 304 g/mol. The van der Waals surface area contributed by atoms with Crippen molar-refractivity contribution < 1.29 is 17.8 Å². The van der Waals surface area contributed by atoms with E-state index < -0.39 is 25.4 Å². The van der Waals surface area contributed by atoms with E-state index in [2.05, 4.69) is 26.9 Å². The standard InChI is InChI=1S/C13H32O4Si3/c1-6-11-18(3)12-9-8-10-15-20(5,13-14)17-19(4,7-2)16-18/h14H,6-13H2,1-5H3. The van der Waals surface area contributed by atoms with Crippen LogP contribution in [0.1, 0.15) is 33.1 Å². The summed E-state index contributed by atoms with van der Waals surface area (Å²) in [5.74, 6) is 0. The van der Waals surface area contributed by atoms with E-state index in [9.17, 15) is 5.11 Å². The highest BCUT2D eigenvalue weighted by Crippen LogP contribution is 2.31. The van der Waals surface area contributed by atoms with Gasteiger partial charge in [-0.05, 0) is 44.2 Å². The first kappa shape index (κ1) is 18.5. The lowest BCUT2D eigenvalue weighted by Gasteiger charge is -2.42. The van der Waals surface area contributed by atoms with Gasteiger partial charge < -0.3 is 17.8 Å². The highest BCUT2D eigenvalue weighted by atomic mass is 28.5. The van der Waals surface area contributed by atoms with Crippen LogP contribution in [0.3, 0.4) is 0 Å². The van der Waals surface area contributed by atoms with Crippen LogP contribution in [0.25, 0.3) is 0 Å². The predicted octanol–water partition coefficient (Wildman–Crippen LogP) is 3.51. The molecule has 20 heavy (non-hydrogen) atoms. The molecule has 0 spiro atoms. The Morgan fingerprint density at radius 3 is 2.25 bits per heavy atom. The summed E-state index contributed by atoms with van der Waals surface area (Å²) in [6.45, 7) is 11.6. The maximum atomic E-state index is 9.68. The molecule has 0 radical (unpaired) electrons. The minimum absolute atomic E-state index is 0.0188. The molecule has 0 aromatic heterocycles. The van der Waals surface area contributed by atoms with Crippen LogP contribution >= 0.6 is 0 Å². The lowest BCUT2D eigenvalue weighted by atomic mass is 10.4. The fourth-order valence-electron chi connectivity index (χ4n) is 2.90. The Morgan fingerprint density at radius 1 is 1.00 bits per heavy atom. The van der Waals surface area contributed by atoms with Gasteiger partial charge in [-0.1, -0.05) is 26.7 Å². The topological polar surface area (TPSA) is 47.9 Å². The van der Waals surface area contributed by atoms with Gasteiger partial charge in [-0.3, -0.25) is 0 Å². The molecule has 4 nitrogen and oxygen atoms in total. The molecule has 120 valence electrons.